The van der Waals surface area contributed by atoms with Crippen molar-refractivity contribution in [3.05, 3.63) is 57.6 Å². The number of phenols is 1. The molecule has 0 radical (unpaired) electrons. The van der Waals surface area contributed by atoms with Crippen LogP contribution < -0.4 is 10.1 Å². The van der Waals surface area contributed by atoms with Gasteiger partial charge < -0.3 is 25.0 Å². The van der Waals surface area contributed by atoms with Gasteiger partial charge in [-0.3, -0.25) is 0 Å². The molecule has 3 N–H and O–H groups in total. The van der Waals surface area contributed by atoms with E-state index >= 15 is 0 Å². The quantitative estimate of drug-likeness (QED) is 0.441. The molecule has 0 bridgehead atoms. The molecule has 2 aromatic carbocycles. The van der Waals surface area contributed by atoms with Crippen molar-refractivity contribution in [1.82, 2.24) is 5.32 Å². The van der Waals surface area contributed by atoms with Gasteiger partial charge in [-0.15, -0.1) is 12.4 Å². The highest BCUT2D eigenvalue weighted by Crippen LogP contribution is 2.31. The Balaban J connectivity index is 0.00000450. The zero-order valence-electron chi connectivity index (χ0n) is 16.7. The fourth-order valence-corrected chi connectivity index (χ4v) is 3.21. The molecule has 2 aromatic rings. The maximum atomic E-state index is 11.4. The molecule has 0 aliphatic carbocycles. The number of aromatic hydroxyl groups is 1. The number of aliphatic hydroxyl groups excluding tert-OH is 1. The van der Waals surface area contributed by atoms with Crippen molar-refractivity contribution in [3.8, 4) is 11.5 Å². The summed E-state index contributed by atoms with van der Waals surface area (Å²) < 4.78 is 10.2. The number of hydrogen-bond acceptors (Lipinski definition) is 6. The lowest BCUT2D eigenvalue weighted by Crippen LogP contribution is -2.33. The van der Waals surface area contributed by atoms with Gasteiger partial charge in [0, 0.05) is 17.1 Å². The second-order valence-corrected chi connectivity index (χ2v) is 7.31. The number of benzene rings is 2. The summed E-state index contributed by atoms with van der Waals surface area (Å²) in [5.41, 5.74) is 1.53. The molecule has 0 heterocycles. The fourth-order valence-electron chi connectivity index (χ4n) is 2.72. The van der Waals surface area contributed by atoms with Crippen LogP contribution in [0.5, 0.6) is 11.5 Å². The van der Waals surface area contributed by atoms with E-state index in [4.69, 9.17) is 32.7 Å². The third kappa shape index (κ3) is 7.85. The minimum atomic E-state index is -0.715. The Bertz CT molecular complexity index is 817. The first-order valence-electron chi connectivity index (χ1n) is 9.28. The average Bonchev–Trinajstić information content (AvgIpc) is 2.69. The van der Waals surface area contributed by atoms with Crippen LogP contribution in [0.1, 0.15) is 31.1 Å². The van der Waals surface area contributed by atoms with Crippen molar-refractivity contribution >= 4 is 41.6 Å². The summed E-state index contributed by atoms with van der Waals surface area (Å²) in [7, 11) is 0. The first-order chi connectivity index (χ1) is 13.8. The van der Waals surface area contributed by atoms with Crippen molar-refractivity contribution in [3.63, 3.8) is 0 Å². The number of aliphatic hydroxyl groups is 1. The van der Waals surface area contributed by atoms with Crippen molar-refractivity contribution in [2.24, 2.45) is 0 Å². The van der Waals surface area contributed by atoms with Gasteiger partial charge in [0.15, 0.2) is 6.61 Å². The van der Waals surface area contributed by atoms with E-state index in [1.807, 2.05) is 6.92 Å². The number of phenolic OH excluding ortho intramolecular Hbond substituents is 1. The van der Waals surface area contributed by atoms with Gasteiger partial charge in [-0.25, -0.2) is 4.79 Å². The third-order valence-corrected chi connectivity index (χ3v) is 4.97. The molecule has 6 nitrogen and oxygen atoms in total. The summed E-state index contributed by atoms with van der Waals surface area (Å²) in [6.45, 7) is 4.20. The van der Waals surface area contributed by atoms with Crippen molar-refractivity contribution in [2.75, 3.05) is 19.8 Å². The number of carbonyl (C=O) groups is 1. The molecule has 0 fully saturated rings. The molecular formula is C21H26Cl3NO5. The predicted octanol–water partition coefficient (Wildman–Crippen LogP) is 4.32. The summed E-state index contributed by atoms with van der Waals surface area (Å²) in [5, 5.41) is 23.8. The maximum absolute atomic E-state index is 11.4. The van der Waals surface area contributed by atoms with E-state index in [0.717, 1.165) is 5.56 Å². The van der Waals surface area contributed by atoms with Crippen LogP contribution in [0.3, 0.4) is 0 Å². The van der Waals surface area contributed by atoms with E-state index in [2.05, 4.69) is 5.32 Å². The van der Waals surface area contributed by atoms with E-state index in [1.165, 1.54) is 0 Å². The van der Waals surface area contributed by atoms with Gasteiger partial charge in [0.2, 0.25) is 0 Å². The fraction of sp³-hybridized carbons (Fsp3) is 0.381. The van der Waals surface area contributed by atoms with Crippen LogP contribution in [0.4, 0.5) is 0 Å². The van der Waals surface area contributed by atoms with Crippen LogP contribution in [0, 0.1) is 0 Å². The zero-order valence-corrected chi connectivity index (χ0v) is 19.1. The second-order valence-electron chi connectivity index (χ2n) is 6.50. The number of ether oxygens (including phenoxy) is 2. The number of halogens is 3. The number of carbonyl (C=O) groups excluding carboxylic acids is 1. The first kappa shape index (κ1) is 26.3. The average molecular weight is 479 g/mol. The molecule has 0 saturated carbocycles. The molecule has 2 rings (SSSR count). The Morgan fingerprint density at radius 2 is 1.83 bits per heavy atom. The lowest BCUT2D eigenvalue weighted by molar-refractivity contribution is -0.145. The lowest BCUT2D eigenvalue weighted by atomic mass is 10.0. The summed E-state index contributed by atoms with van der Waals surface area (Å²) in [6, 6.07) is 9.52. The van der Waals surface area contributed by atoms with Gasteiger partial charge in [0.1, 0.15) is 11.5 Å². The Morgan fingerprint density at radius 3 is 2.47 bits per heavy atom. The molecular weight excluding hydrogens is 453 g/mol. The molecule has 30 heavy (non-hydrogen) atoms. The molecule has 166 valence electrons. The Hall–Kier alpha value is -1.70. The summed E-state index contributed by atoms with van der Waals surface area (Å²) in [5.74, 6) is -0.00514. The molecule has 0 aromatic heterocycles. The van der Waals surface area contributed by atoms with Crippen LogP contribution in [-0.4, -0.2) is 42.0 Å². The molecule has 0 aliphatic rings. The van der Waals surface area contributed by atoms with Gasteiger partial charge in [-0.2, -0.15) is 0 Å². The van der Waals surface area contributed by atoms with Crippen LogP contribution in [-0.2, 0) is 16.0 Å². The van der Waals surface area contributed by atoms with E-state index in [-0.39, 0.29) is 37.4 Å². The number of nitrogens with one attached hydrogen (secondary N) is 1. The summed E-state index contributed by atoms with van der Waals surface area (Å²) >= 11 is 12.5. The van der Waals surface area contributed by atoms with Gasteiger partial charge in [0.05, 0.1) is 17.7 Å². The zero-order chi connectivity index (χ0) is 21.4. The first-order valence-corrected chi connectivity index (χ1v) is 10.0. The maximum Gasteiger partial charge on any atom is 0.344 e. The van der Waals surface area contributed by atoms with Crippen molar-refractivity contribution in [2.45, 2.75) is 32.4 Å². The second kappa shape index (κ2) is 12.9. The van der Waals surface area contributed by atoms with Gasteiger partial charge in [-0.1, -0.05) is 35.3 Å². The summed E-state index contributed by atoms with van der Waals surface area (Å²) in [6.07, 6.45) is -0.128. The number of rotatable bonds is 10. The predicted molar refractivity (Wildman–Crippen MR) is 120 cm³/mol. The van der Waals surface area contributed by atoms with Crippen LogP contribution >= 0.6 is 35.6 Å². The molecule has 0 amide bonds. The topological polar surface area (TPSA) is 88.0 Å². The van der Waals surface area contributed by atoms with E-state index < -0.39 is 12.1 Å². The smallest absolute Gasteiger partial charge is 0.344 e. The minimum absolute atomic E-state index is 0. The van der Waals surface area contributed by atoms with Crippen LogP contribution in [0.15, 0.2) is 36.4 Å². The van der Waals surface area contributed by atoms with E-state index in [9.17, 15) is 15.0 Å². The molecule has 9 heteroatoms. The Kier molecular flexibility index (Phi) is 11.3. The van der Waals surface area contributed by atoms with E-state index in [0.29, 0.717) is 34.3 Å². The highest BCUT2D eigenvalue weighted by molar-refractivity contribution is 6.34. The van der Waals surface area contributed by atoms with Crippen molar-refractivity contribution < 1.29 is 24.5 Å². The van der Waals surface area contributed by atoms with Gasteiger partial charge >= 0.3 is 5.97 Å². The van der Waals surface area contributed by atoms with Crippen molar-refractivity contribution in [1.29, 1.82) is 0 Å². The number of esters is 1. The number of hydrogen-bond donors (Lipinski definition) is 3. The standard InChI is InChI=1S/C21H25Cl2NO5.ClH/c1-3-28-20(26)12-29-19-11-17(22)15(10-18(19)23)8-9-24-13(2)21(27)14-4-6-16(25)7-5-14;/h4-7,10-11,13,21,24-25,27H,3,8-9,12H2,1-2H3;1H/t13-,21+;/m0./s1. The lowest BCUT2D eigenvalue weighted by Gasteiger charge is -2.21. The minimum Gasteiger partial charge on any atom is -0.508 e. The molecule has 0 saturated heterocycles. The van der Waals surface area contributed by atoms with Gasteiger partial charge in [-0.05, 0) is 56.1 Å². The van der Waals surface area contributed by atoms with Gasteiger partial charge in [0.25, 0.3) is 0 Å². The molecule has 0 spiro atoms. The monoisotopic (exact) mass is 477 g/mol. The molecule has 0 unspecified atom stereocenters. The Morgan fingerprint density at radius 1 is 1.17 bits per heavy atom. The third-order valence-electron chi connectivity index (χ3n) is 4.32. The highest BCUT2D eigenvalue weighted by Gasteiger charge is 2.16. The normalized spacial score (nSPS) is 12.6. The van der Waals surface area contributed by atoms with E-state index in [1.54, 1.807) is 43.3 Å². The largest absolute Gasteiger partial charge is 0.508 e. The Labute approximate surface area is 192 Å². The summed E-state index contributed by atoms with van der Waals surface area (Å²) in [4.78, 5) is 11.4. The SMILES string of the molecule is CCOC(=O)COc1cc(Cl)c(CCN[C@@H](C)[C@@H](O)c2ccc(O)cc2)cc1Cl.Cl. The van der Waals surface area contributed by atoms with Crippen LogP contribution in [0.25, 0.3) is 0 Å². The molecule has 0 aliphatic heterocycles. The highest BCUT2D eigenvalue weighted by atomic mass is 35.5. The van der Waals surface area contributed by atoms with Crippen LogP contribution in [0.2, 0.25) is 10.0 Å². The molecule has 2 atom stereocenters.